The number of thiocarbonyl (C=S) groups is 1. The van der Waals surface area contributed by atoms with E-state index < -0.39 is 0 Å². The van der Waals surface area contributed by atoms with Crippen LogP contribution >= 0.6 is 12.2 Å². The highest BCUT2D eigenvalue weighted by Gasteiger charge is 2.20. The highest BCUT2D eigenvalue weighted by molar-refractivity contribution is 7.80. The lowest BCUT2D eigenvalue weighted by Crippen LogP contribution is -2.37. The van der Waals surface area contributed by atoms with Crippen LogP contribution < -0.4 is 5.73 Å². The summed E-state index contributed by atoms with van der Waals surface area (Å²) in [7, 11) is 0. The fourth-order valence-electron chi connectivity index (χ4n) is 2.77. The second-order valence-electron chi connectivity index (χ2n) is 5.37. The van der Waals surface area contributed by atoms with Gasteiger partial charge in [0, 0.05) is 18.2 Å². The van der Waals surface area contributed by atoms with Crippen LogP contribution in [0.15, 0.2) is 18.2 Å². The minimum atomic E-state index is -0.319. The average Bonchev–Trinajstić information content (AvgIpc) is 2.63. The molecular weight excluding hydrogens is 275 g/mol. The predicted molar refractivity (Wildman–Crippen MR) is 82.0 cm³/mol. The van der Waals surface area contributed by atoms with Gasteiger partial charge in [-0.2, -0.15) is 0 Å². The van der Waals surface area contributed by atoms with Crippen LogP contribution in [0.4, 0.5) is 4.39 Å². The van der Waals surface area contributed by atoms with Crippen molar-refractivity contribution in [2.45, 2.75) is 38.3 Å². The standard InChI is InChI=1S/C15H21FN2OS/c16-13-7-11(6-12(8-13)15(17)20)9-18-5-3-1-2-4-14(18)10-19/h6-8,14,19H,1-5,9-10H2,(H2,17,20). The maximum Gasteiger partial charge on any atom is 0.124 e. The molecule has 3 nitrogen and oxygen atoms in total. The molecule has 1 fully saturated rings. The number of nitrogens with two attached hydrogens (primary N) is 1. The summed E-state index contributed by atoms with van der Waals surface area (Å²) in [4.78, 5) is 2.44. The zero-order valence-electron chi connectivity index (χ0n) is 11.5. The second-order valence-corrected chi connectivity index (χ2v) is 5.81. The first-order chi connectivity index (χ1) is 9.60. The molecule has 1 heterocycles. The summed E-state index contributed by atoms with van der Waals surface area (Å²) in [5.41, 5.74) is 6.99. The van der Waals surface area contributed by atoms with E-state index in [1.807, 2.05) is 6.07 Å². The van der Waals surface area contributed by atoms with Gasteiger partial charge in [0.15, 0.2) is 0 Å². The van der Waals surface area contributed by atoms with Gasteiger partial charge in [0.1, 0.15) is 10.8 Å². The molecule has 1 unspecified atom stereocenters. The Morgan fingerprint density at radius 1 is 1.35 bits per heavy atom. The van der Waals surface area contributed by atoms with Gasteiger partial charge in [0.05, 0.1) is 6.61 Å². The molecule has 0 radical (unpaired) electrons. The lowest BCUT2D eigenvalue weighted by Gasteiger charge is -2.28. The van der Waals surface area contributed by atoms with E-state index in [4.69, 9.17) is 18.0 Å². The lowest BCUT2D eigenvalue weighted by atomic mass is 10.1. The van der Waals surface area contributed by atoms with Crippen molar-refractivity contribution in [3.63, 3.8) is 0 Å². The van der Waals surface area contributed by atoms with Gasteiger partial charge >= 0.3 is 0 Å². The molecule has 1 aromatic carbocycles. The van der Waals surface area contributed by atoms with Gasteiger partial charge < -0.3 is 10.8 Å². The quantitative estimate of drug-likeness (QED) is 0.836. The Balaban J connectivity index is 2.16. The van der Waals surface area contributed by atoms with Gasteiger partial charge in [-0.05, 0) is 43.1 Å². The molecule has 3 N–H and O–H groups in total. The van der Waals surface area contributed by atoms with E-state index in [1.165, 1.54) is 18.6 Å². The fraction of sp³-hybridized carbons (Fsp3) is 0.533. The average molecular weight is 296 g/mol. The smallest absolute Gasteiger partial charge is 0.124 e. The van der Waals surface area contributed by atoms with E-state index in [-0.39, 0.29) is 23.5 Å². The van der Waals surface area contributed by atoms with Gasteiger partial charge in [-0.15, -0.1) is 0 Å². The first-order valence-electron chi connectivity index (χ1n) is 7.04. The molecule has 5 heteroatoms. The van der Waals surface area contributed by atoms with Gasteiger partial charge in [-0.1, -0.05) is 25.1 Å². The van der Waals surface area contributed by atoms with Crippen molar-refractivity contribution in [3.8, 4) is 0 Å². The van der Waals surface area contributed by atoms with E-state index in [0.717, 1.165) is 31.4 Å². The molecule has 0 spiro atoms. The van der Waals surface area contributed by atoms with Crippen LogP contribution in [0.2, 0.25) is 0 Å². The molecule has 0 amide bonds. The van der Waals surface area contributed by atoms with Crippen LogP contribution in [0.1, 0.15) is 36.8 Å². The molecule has 1 aliphatic rings. The van der Waals surface area contributed by atoms with Gasteiger partial charge in [0.2, 0.25) is 0 Å². The summed E-state index contributed by atoms with van der Waals surface area (Å²) < 4.78 is 13.6. The number of nitrogens with zero attached hydrogens (tertiary/aromatic N) is 1. The summed E-state index contributed by atoms with van der Waals surface area (Å²) in [6.07, 6.45) is 4.44. The first kappa shape index (κ1) is 15.4. The Labute approximate surface area is 124 Å². The molecule has 2 rings (SSSR count). The van der Waals surface area contributed by atoms with Gasteiger partial charge in [0.25, 0.3) is 0 Å². The summed E-state index contributed by atoms with van der Waals surface area (Å²) in [6, 6.07) is 4.87. The number of hydrogen-bond acceptors (Lipinski definition) is 3. The van der Waals surface area contributed by atoms with Crippen molar-refractivity contribution in [3.05, 3.63) is 35.1 Å². The number of aliphatic hydroxyl groups is 1. The van der Waals surface area contributed by atoms with Gasteiger partial charge in [-0.3, -0.25) is 4.90 Å². The molecule has 110 valence electrons. The molecule has 1 saturated heterocycles. The molecule has 0 saturated carbocycles. The van der Waals surface area contributed by atoms with E-state index in [1.54, 1.807) is 0 Å². The minimum absolute atomic E-state index is 0.150. The molecule has 1 aliphatic heterocycles. The summed E-state index contributed by atoms with van der Waals surface area (Å²) >= 11 is 4.91. The van der Waals surface area contributed by atoms with E-state index in [9.17, 15) is 9.50 Å². The number of hydrogen-bond donors (Lipinski definition) is 2. The van der Waals surface area contributed by atoms with Crippen LogP contribution in [0.5, 0.6) is 0 Å². The van der Waals surface area contributed by atoms with Crippen molar-refractivity contribution in [1.82, 2.24) is 4.90 Å². The highest BCUT2D eigenvalue weighted by Crippen LogP contribution is 2.20. The van der Waals surface area contributed by atoms with E-state index in [0.29, 0.717) is 12.1 Å². The zero-order chi connectivity index (χ0) is 14.5. The third-order valence-corrected chi connectivity index (χ3v) is 4.07. The Morgan fingerprint density at radius 2 is 2.15 bits per heavy atom. The topological polar surface area (TPSA) is 49.5 Å². The largest absolute Gasteiger partial charge is 0.395 e. The van der Waals surface area contributed by atoms with Crippen molar-refractivity contribution in [2.24, 2.45) is 5.73 Å². The monoisotopic (exact) mass is 296 g/mol. The fourth-order valence-corrected chi connectivity index (χ4v) is 2.89. The number of aliphatic hydroxyl groups excluding tert-OH is 1. The van der Waals surface area contributed by atoms with Crippen molar-refractivity contribution < 1.29 is 9.50 Å². The molecule has 1 atom stereocenters. The maximum atomic E-state index is 13.6. The Morgan fingerprint density at radius 3 is 2.85 bits per heavy atom. The van der Waals surface area contributed by atoms with Crippen LogP contribution in [0.3, 0.4) is 0 Å². The Bertz CT molecular complexity index is 481. The number of likely N-dealkylation sites (tertiary alicyclic amines) is 1. The van der Waals surface area contributed by atoms with Crippen LogP contribution in [-0.4, -0.2) is 34.2 Å². The van der Waals surface area contributed by atoms with Gasteiger partial charge in [-0.25, -0.2) is 4.39 Å². The molecule has 20 heavy (non-hydrogen) atoms. The Hall–Kier alpha value is -1.04. The third-order valence-electron chi connectivity index (χ3n) is 3.84. The predicted octanol–water partition coefficient (Wildman–Crippen LogP) is 2.20. The highest BCUT2D eigenvalue weighted by atomic mass is 32.1. The van der Waals surface area contributed by atoms with E-state index >= 15 is 0 Å². The molecule has 1 aromatic rings. The van der Waals surface area contributed by atoms with Crippen LogP contribution in [0.25, 0.3) is 0 Å². The molecule has 0 aromatic heterocycles. The second kappa shape index (κ2) is 7.11. The van der Waals surface area contributed by atoms with E-state index in [2.05, 4.69) is 4.90 Å². The molecular formula is C15H21FN2OS. The number of benzene rings is 1. The maximum absolute atomic E-state index is 13.6. The Kier molecular flexibility index (Phi) is 5.46. The van der Waals surface area contributed by atoms with Crippen molar-refractivity contribution in [2.75, 3.05) is 13.2 Å². The summed E-state index contributed by atoms with van der Waals surface area (Å²) in [6.45, 7) is 1.71. The van der Waals surface area contributed by atoms with Crippen LogP contribution in [-0.2, 0) is 6.54 Å². The SMILES string of the molecule is NC(=S)c1cc(F)cc(CN2CCCCCC2CO)c1. The third kappa shape index (κ3) is 3.98. The van der Waals surface area contributed by atoms with Crippen LogP contribution in [0, 0.1) is 5.82 Å². The summed E-state index contributed by atoms with van der Waals surface area (Å²) in [5, 5.41) is 9.51. The molecule has 0 bridgehead atoms. The van der Waals surface area contributed by atoms with Crippen molar-refractivity contribution in [1.29, 1.82) is 0 Å². The zero-order valence-corrected chi connectivity index (χ0v) is 12.3. The normalized spacial score (nSPS) is 20.6. The number of halogens is 1. The van der Waals surface area contributed by atoms with Crippen molar-refractivity contribution >= 4 is 17.2 Å². The summed E-state index contributed by atoms with van der Waals surface area (Å²) in [5.74, 6) is -0.319. The number of rotatable bonds is 4. The lowest BCUT2D eigenvalue weighted by molar-refractivity contribution is 0.118. The minimum Gasteiger partial charge on any atom is -0.395 e. The first-order valence-corrected chi connectivity index (χ1v) is 7.45. The molecule has 0 aliphatic carbocycles.